The van der Waals surface area contributed by atoms with Gasteiger partial charge in [-0.25, -0.2) is 4.79 Å². The molecule has 2 aliphatic heterocycles. The number of aliphatic hydroxyl groups excluding tert-OH is 1. The molecule has 2 saturated carbocycles. The lowest BCUT2D eigenvalue weighted by molar-refractivity contribution is -0.142. The van der Waals surface area contributed by atoms with Gasteiger partial charge in [-0.3, -0.25) is 0 Å². The Hall–Kier alpha value is -1.13. The number of hydrogen-bond donors (Lipinski definition) is 1. The first kappa shape index (κ1) is 10.6. The fourth-order valence-corrected chi connectivity index (χ4v) is 5.04. The summed E-state index contributed by atoms with van der Waals surface area (Å²) in [7, 11) is 0. The molecule has 0 bridgehead atoms. The van der Waals surface area contributed by atoms with Crippen molar-refractivity contribution < 1.29 is 19.4 Å². The molecule has 19 heavy (non-hydrogen) atoms. The van der Waals surface area contributed by atoms with Gasteiger partial charge in [0.1, 0.15) is 12.2 Å². The highest BCUT2D eigenvalue weighted by Crippen LogP contribution is 2.72. The predicted octanol–water partition coefficient (Wildman–Crippen LogP) is 1.30. The van der Waals surface area contributed by atoms with Gasteiger partial charge >= 0.3 is 5.97 Å². The number of esters is 1. The van der Waals surface area contributed by atoms with Crippen molar-refractivity contribution in [3.63, 3.8) is 0 Å². The summed E-state index contributed by atoms with van der Waals surface area (Å²) >= 11 is 0. The molecule has 2 heterocycles. The van der Waals surface area contributed by atoms with Gasteiger partial charge < -0.3 is 14.6 Å². The van der Waals surface area contributed by atoms with Gasteiger partial charge in [0.2, 0.25) is 0 Å². The van der Waals surface area contributed by atoms with Crippen LogP contribution in [0.2, 0.25) is 0 Å². The van der Waals surface area contributed by atoms with Gasteiger partial charge in [0.15, 0.2) is 6.29 Å². The summed E-state index contributed by atoms with van der Waals surface area (Å²) in [6, 6.07) is 0. The predicted molar refractivity (Wildman–Crippen MR) is 64.8 cm³/mol. The number of carbonyl (C=O) groups excluding carboxylic acids is 1. The van der Waals surface area contributed by atoms with Crippen LogP contribution in [0.4, 0.5) is 0 Å². The summed E-state index contributed by atoms with van der Waals surface area (Å²) in [5, 5.41) is 10.2. The van der Waals surface area contributed by atoms with Gasteiger partial charge in [0.05, 0.1) is 0 Å². The van der Waals surface area contributed by atoms with E-state index in [1.807, 2.05) is 6.92 Å². The maximum atomic E-state index is 11.8. The molecular formula is C15H16O4. The molecule has 100 valence electrons. The molecule has 3 aliphatic carbocycles. The van der Waals surface area contributed by atoms with Crippen LogP contribution in [0.15, 0.2) is 22.3 Å². The lowest BCUT2D eigenvalue weighted by Crippen LogP contribution is -2.41. The summed E-state index contributed by atoms with van der Waals surface area (Å²) < 4.78 is 11.3. The summed E-state index contributed by atoms with van der Waals surface area (Å²) in [5.74, 6) is 0.915. The number of hydrogen-bond acceptors (Lipinski definition) is 4. The minimum absolute atomic E-state index is 0.0568. The maximum absolute atomic E-state index is 11.8. The molecule has 1 N–H and O–H groups in total. The van der Waals surface area contributed by atoms with Crippen molar-refractivity contribution in [2.45, 2.75) is 45.2 Å². The third kappa shape index (κ3) is 0.974. The molecule has 0 spiro atoms. The molecule has 0 aromatic carbocycles. The van der Waals surface area contributed by atoms with Crippen LogP contribution in [-0.2, 0) is 14.3 Å². The van der Waals surface area contributed by atoms with Crippen LogP contribution in [0.3, 0.4) is 0 Å². The topological polar surface area (TPSA) is 55.8 Å². The molecule has 1 unspecified atom stereocenters. The van der Waals surface area contributed by atoms with Gasteiger partial charge in [-0.15, -0.1) is 0 Å². The van der Waals surface area contributed by atoms with E-state index >= 15 is 0 Å². The van der Waals surface area contributed by atoms with E-state index in [1.54, 1.807) is 0 Å². The maximum Gasteiger partial charge on any atom is 0.334 e. The quantitative estimate of drug-likeness (QED) is 0.527. The molecule has 6 atom stereocenters. The number of rotatable bonds is 0. The van der Waals surface area contributed by atoms with Crippen LogP contribution in [0.25, 0.3) is 0 Å². The van der Waals surface area contributed by atoms with E-state index in [0.29, 0.717) is 17.4 Å². The number of fused-ring (bicyclic) bond motifs is 5. The van der Waals surface area contributed by atoms with Crippen molar-refractivity contribution in [1.29, 1.82) is 0 Å². The van der Waals surface area contributed by atoms with Crippen LogP contribution in [0.1, 0.15) is 26.7 Å². The minimum Gasteiger partial charge on any atom is -0.454 e. The smallest absolute Gasteiger partial charge is 0.334 e. The van der Waals surface area contributed by atoms with Crippen molar-refractivity contribution in [3.8, 4) is 0 Å². The number of ether oxygens (including phenoxy) is 2. The SMILES string of the molecule is CC1=C2[C@@H]3O[C@H](O)C4=C3[C@@](C)(C[C@@H]2OC1=O)C1C[C@H]41. The Labute approximate surface area is 111 Å². The van der Waals surface area contributed by atoms with Gasteiger partial charge in [-0.1, -0.05) is 6.92 Å². The molecule has 5 aliphatic rings. The van der Waals surface area contributed by atoms with E-state index in [0.717, 1.165) is 24.0 Å². The highest BCUT2D eigenvalue weighted by atomic mass is 16.6. The van der Waals surface area contributed by atoms with Gasteiger partial charge in [0, 0.05) is 11.1 Å². The van der Waals surface area contributed by atoms with Crippen LogP contribution >= 0.6 is 0 Å². The lowest BCUT2D eigenvalue weighted by Gasteiger charge is -2.41. The molecule has 0 amide bonds. The zero-order valence-corrected chi connectivity index (χ0v) is 11.0. The number of carbonyl (C=O) groups is 1. The van der Waals surface area contributed by atoms with Crippen molar-refractivity contribution in [2.75, 3.05) is 0 Å². The van der Waals surface area contributed by atoms with Gasteiger partial charge in [0.25, 0.3) is 0 Å². The summed E-state index contributed by atoms with van der Waals surface area (Å²) in [6.45, 7) is 4.07. The Bertz CT molecular complexity index is 601. The largest absolute Gasteiger partial charge is 0.454 e. The van der Waals surface area contributed by atoms with Crippen LogP contribution in [0, 0.1) is 17.3 Å². The van der Waals surface area contributed by atoms with E-state index < -0.39 is 6.29 Å². The van der Waals surface area contributed by atoms with Gasteiger partial charge in [-0.2, -0.15) is 0 Å². The van der Waals surface area contributed by atoms with Crippen LogP contribution < -0.4 is 0 Å². The molecule has 4 heteroatoms. The molecule has 4 nitrogen and oxygen atoms in total. The third-order valence-corrected chi connectivity index (χ3v) is 5.96. The standard InChI is InChI=1S/C15H16O4/c1-5-9-8(18-13(5)16)4-15(2)7-3-6(7)10-11(15)12(9)19-14(10)17/h6-8,12,14,17H,3-4H2,1-2H3/t6-,7?,8-,12-,14-,15-/m0/s1. The molecular weight excluding hydrogens is 244 g/mol. The van der Waals surface area contributed by atoms with Crippen molar-refractivity contribution >= 4 is 5.97 Å². The second-order valence-corrected chi connectivity index (χ2v) is 6.78. The molecule has 0 radical (unpaired) electrons. The molecule has 0 aromatic rings. The highest BCUT2D eigenvalue weighted by molar-refractivity contribution is 5.92. The Morgan fingerprint density at radius 3 is 2.95 bits per heavy atom. The zero-order valence-electron chi connectivity index (χ0n) is 11.0. The Morgan fingerprint density at radius 2 is 2.16 bits per heavy atom. The van der Waals surface area contributed by atoms with E-state index in [4.69, 9.17) is 9.47 Å². The van der Waals surface area contributed by atoms with Crippen molar-refractivity contribution in [1.82, 2.24) is 0 Å². The normalized spacial score (nSPS) is 53.2. The number of aliphatic hydroxyl groups is 1. The average molecular weight is 260 g/mol. The van der Waals surface area contributed by atoms with Crippen LogP contribution in [-0.4, -0.2) is 29.6 Å². The average Bonchev–Trinajstić information content (AvgIpc) is 2.92. The first-order valence-corrected chi connectivity index (χ1v) is 7.02. The highest BCUT2D eigenvalue weighted by Gasteiger charge is 2.69. The second kappa shape index (κ2) is 2.81. The van der Waals surface area contributed by atoms with E-state index in [1.165, 1.54) is 5.57 Å². The summed E-state index contributed by atoms with van der Waals surface area (Å²) in [4.78, 5) is 11.8. The second-order valence-electron chi connectivity index (χ2n) is 6.78. The van der Waals surface area contributed by atoms with Gasteiger partial charge in [-0.05, 0) is 48.2 Å². The lowest BCUT2D eigenvalue weighted by atomic mass is 9.66. The Balaban J connectivity index is 1.74. The first-order valence-electron chi connectivity index (χ1n) is 7.02. The van der Waals surface area contributed by atoms with Crippen LogP contribution in [0.5, 0.6) is 0 Å². The van der Waals surface area contributed by atoms with E-state index in [9.17, 15) is 9.90 Å². The minimum atomic E-state index is -0.772. The first-order chi connectivity index (χ1) is 9.02. The van der Waals surface area contributed by atoms with E-state index in [2.05, 4.69) is 6.92 Å². The zero-order chi connectivity index (χ0) is 13.1. The fraction of sp³-hybridized carbons (Fsp3) is 0.667. The Morgan fingerprint density at radius 1 is 1.37 bits per heavy atom. The molecule has 5 rings (SSSR count). The molecule has 0 aromatic heterocycles. The summed E-state index contributed by atoms with van der Waals surface area (Å²) in [6.07, 6.45) is 0.885. The van der Waals surface area contributed by atoms with E-state index in [-0.39, 0.29) is 23.6 Å². The summed E-state index contributed by atoms with van der Waals surface area (Å²) in [5.41, 5.74) is 4.09. The van der Waals surface area contributed by atoms with Crippen molar-refractivity contribution in [3.05, 3.63) is 22.3 Å². The Kier molecular flexibility index (Phi) is 1.57. The van der Waals surface area contributed by atoms with Crippen molar-refractivity contribution in [2.24, 2.45) is 17.3 Å². The third-order valence-electron chi connectivity index (χ3n) is 5.96. The fourth-order valence-electron chi connectivity index (χ4n) is 5.04. The monoisotopic (exact) mass is 260 g/mol. The molecule has 0 saturated heterocycles. The molecule has 2 fully saturated rings.